The van der Waals surface area contributed by atoms with Gasteiger partial charge in [-0.05, 0) is 68.1 Å². The van der Waals surface area contributed by atoms with E-state index < -0.39 is 0 Å². The van der Waals surface area contributed by atoms with Crippen LogP contribution in [-0.4, -0.2) is 7.05 Å². The summed E-state index contributed by atoms with van der Waals surface area (Å²) in [5.41, 5.74) is 6.20. The second-order valence-corrected chi connectivity index (χ2v) is 6.81. The van der Waals surface area contributed by atoms with Crippen LogP contribution in [0.1, 0.15) is 33.9 Å². The highest BCUT2D eigenvalue weighted by Crippen LogP contribution is 2.29. The lowest BCUT2D eigenvalue weighted by atomic mass is 9.95. The molecule has 21 heavy (non-hydrogen) atoms. The van der Waals surface area contributed by atoms with Crippen molar-refractivity contribution < 1.29 is 0 Å². The molecule has 3 heteroatoms. The molecular weight excluding hydrogens is 346 g/mol. The first-order chi connectivity index (χ1) is 9.92. The van der Waals surface area contributed by atoms with E-state index in [9.17, 15) is 0 Å². The van der Waals surface area contributed by atoms with Crippen LogP contribution in [-0.2, 0) is 6.42 Å². The Bertz CT molecular complexity index is 629. The Morgan fingerprint density at radius 3 is 2.24 bits per heavy atom. The van der Waals surface area contributed by atoms with E-state index in [2.05, 4.69) is 66.3 Å². The van der Waals surface area contributed by atoms with Gasteiger partial charge in [-0.1, -0.05) is 51.8 Å². The number of aryl methyl sites for hydroxylation is 3. The molecule has 2 rings (SSSR count). The van der Waals surface area contributed by atoms with Gasteiger partial charge in [-0.25, -0.2) is 0 Å². The summed E-state index contributed by atoms with van der Waals surface area (Å²) in [4.78, 5) is 0. The van der Waals surface area contributed by atoms with Crippen molar-refractivity contribution in [3.63, 3.8) is 0 Å². The van der Waals surface area contributed by atoms with E-state index in [1.807, 2.05) is 13.1 Å². The van der Waals surface area contributed by atoms with E-state index >= 15 is 0 Å². The average molecular weight is 367 g/mol. The van der Waals surface area contributed by atoms with Crippen LogP contribution >= 0.6 is 27.5 Å². The van der Waals surface area contributed by atoms with Crippen molar-refractivity contribution in [3.8, 4) is 0 Å². The zero-order valence-corrected chi connectivity index (χ0v) is 15.3. The number of halogens is 2. The predicted molar refractivity (Wildman–Crippen MR) is 95.3 cm³/mol. The van der Waals surface area contributed by atoms with Crippen LogP contribution in [0.2, 0.25) is 5.02 Å². The number of hydrogen-bond donors (Lipinski definition) is 1. The topological polar surface area (TPSA) is 12.0 Å². The van der Waals surface area contributed by atoms with E-state index in [1.165, 1.54) is 32.3 Å². The molecule has 1 nitrogen and oxygen atoms in total. The van der Waals surface area contributed by atoms with Gasteiger partial charge in [0.2, 0.25) is 0 Å². The fourth-order valence-electron chi connectivity index (χ4n) is 2.60. The first-order valence-corrected chi connectivity index (χ1v) is 8.28. The second kappa shape index (κ2) is 6.95. The molecule has 0 heterocycles. The van der Waals surface area contributed by atoms with Gasteiger partial charge in [0.1, 0.15) is 0 Å². The third-order valence-corrected chi connectivity index (χ3v) is 5.44. The predicted octanol–water partition coefficient (Wildman–Crippen LogP) is 5.53. The molecule has 112 valence electrons. The van der Waals surface area contributed by atoms with Crippen LogP contribution in [0.25, 0.3) is 0 Å². The first-order valence-electron chi connectivity index (χ1n) is 7.11. The van der Waals surface area contributed by atoms with Gasteiger partial charge < -0.3 is 5.32 Å². The summed E-state index contributed by atoms with van der Waals surface area (Å²) >= 11 is 10.00. The van der Waals surface area contributed by atoms with Crippen LogP contribution < -0.4 is 5.32 Å². The maximum Gasteiger partial charge on any atom is 0.0441 e. The van der Waals surface area contributed by atoms with Crippen molar-refractivity contribution in [2.45, 2.75) is 33.2 Å². The van der Waals surface area contributed by atoms with Gasteiger partial charge in [-0.2, -0.15) is 0 Å². The van der Waals surface area contributed by atoms with Crippen molar-refractivity contribution in [2.24, 2.45) is 0 Å². The molecule has 0 amide bonds. The summed E-state index contributed by atoms with van der Waals surface area (Å²) in [6, 6.07) is 11.0. The Kier molecular flexibility index (Phi) is 5.48. The van der Waals surface area contributed by atoms with Crippen molar-refractivity contribution in [1.82, 2.24) is 5.32 Å². The molecule has 1 unspecified atom stereocenters. The number of benzene rings is 2. The van der Waals surface area contributed by atoms with Gasteiger partial charge in [0.25, 0.3) is 0 Å². The third-order valence-electron chi connectivity index (χ3n) is 3.84. The number of rotatable bonds is 4. The molecule has 0 saturated heterocycles. The Labute approximate surface area is 140 Å². The molecule has 0 aliphatic rings. The number of hydrogen-bond acceptors (Lipinski definition) is 1. The average Bonchev–Trinajstić information content (AvgIpc) is 2.43. The minimum atomic E-state index is 0.260. The summed E-state index contributed by atoms with van der Waals surface area (Å²) < 4.78 is 1.19. The van der Waals surface area contributed by atoms with Crippen molar-refractivity contribution in [3.05, 3.63) is 67.6 Å². The van der Waals surface area contributed by atoms with Gasteiger partial charge >= 0.3 is 0 Å². The molecule has 1 atom stereocenters. The fourth-order valence-corrected chi connectivity index (χ4v) is 3.15. The first kappa shape index (κ1) is 16.5. The van der Waals surface area contributed by atoms with Crippen LogP contribution in [0.4, 0.5) is 0 Å². The fraction of sp³-hybridized carbons (Fsp3) is 0.333. The van der Waals surface area contributed by atoms with Crippen molar-refractivity contribution in [1.29, 1.82) is 0 Å². The minimum absolute atomic E-state index is 0.260. The Morgan fingerprint density at radius 2 is 1.71 bits per heavy atom. The minimum Gasteiger partial charge on any atom is -0.313 e. The molecular formula is C18H21BrClN. The maximum atomic E-state index is 6.37. The van der Waals surface area contributed by atoms with E-state index in [0.29, 0.717) is 0 Å². The zero-order valence-electron chi connectivity index (χ0n) is 12.9. The molecule has 0 aliphatic carbocycles. The van der Waals surface area contributed by atoms with Crippen LogP contribution in [0.3, 0.4) is 0 Å². The third kappa shape index (κ3) is 3.88. The van der Waals surface area contributed by atoms with E-state index in [1.54, 1.807) is 0 Å². The van der Waals surface area contributed by atoms with Crippen LogP contribution in [0, 0.1) is 20.8 Å². The highest BCUT2D eigenvalue weighted by Gasteiger charge is 2.14. The standard InChI is InChI=1S/C18H21BrClN/c1-11-5-6-14(16(20)7-11)10-17(21-4)15-8-12(2)18(19)13(3)9-15/h5-9,17,21H,10H2,1-4H3. The molecule has 0 radical (unpaired) electrons. The lowest BCUT2D eigenvalue weighted by molar-refractivity contribution is 0.591. The SMILES string of the molecule is CNC(Cc1ccc(C)cc1Cl)c1cc(C)c(Br)c(C)c1. The summed E-state index contributed by atoms with van der Waals surface area (Å²) in [5.74, 6) is 0. The Balaban J connectivity index is 2.32. The molecule has 0 aliphatic heterocycles. The molecule has 2 aromatic rings. The largest absolute Gasteiger partial charge is 0.313 e. The highest BCUT2D eigenvalue weighted by molar-refractivity contribution is 9.10. The second-order valence-electron chi connectivity index (χ2n) is 5.61. The number of likely N-dealkylation sites (N-methyl/N-ethyl adjacent to an activating group) is 1. The van der Waals surface area contributed by atoms with Crippen molar-refractivity contribution in [2.75, 3.05) is 7.05 Å². The van der Waals surface area contributed by atoms with Gasteiger partial charge in [-0.15, -0.1) is 0 Å². The summed E-state index contributed by atoms with van der Waals surface area (Å²) in [7, 11) is 2.00. The smallest absolute Gasteiger partial charge is 0.0441 e. The summed E-state index contributed by atoms with van der Waals surface area (Å²) in [6.07, 6.45) is 0.885. The van der Waals surface area contributed by atoms with E-state index in [-0.39, 0.29) is 6.04 Å². The molecule has 0 aromatic heterocycles. The Hall–Kier alpha value is -0.830. The maximum absolute atomic E-state index is 6.37. The molecule has 0 saturated carbocycles. The van der Waals surface area contributed by atoms with E-state index in [4.69, 9.17) is 11.6 Å². The van der Waals surface area contributed by atoms with Gasteiger partial charge in [0.15, 0.2) is 0 Å². The highest BCUT2D eigenvalue weighted by atomic mass is 79.9. The molecule has 1 N–H and O–H groups in total. The normalized spacial score (nSPS) is 12.5. The van der Waals surface area contributed by atoms with Gasteiger partial charge in [0, 0.05) is 15.5 Å². The summed E-state index contributed by atoms with van der Waals surface area (Å²) in [5, 5.41) is 4.26. The quantitative estimate of drug-likeness (QED) is 0.750. The zero-order chi connectivity index (χ0) is 15.6. The molecule has 2 aromatic carbocycles. The van der Waals surface area contributed by atoms with Gasteiger partial charge in [0.05, 0.1) is 0 Å². The molecule has 0 bridgehead atoms. The molecule has 0 spiro atoms. The lowest BCUT2D eigenvalue weighted by Gasteiger charge is -2.20. The molecule has 0 fully saturated rings. The van der Waals surface area contributed by atoms with E-state index in [0.717, 1.165) is 11.4 Å². The number of nitrogens with one attached hydrogen (secondary N) is 1. The Morgan fingerprint density at radius 1 is 1.10 bits per heavy atom. The lowest BCUT2D eigenvalue weighted by Crippen LogP contribution is -2.19. The summed E-state index contributed by atoms with van der Waals surface area (Å²) in [6.45, 7) is 6.32. The van der Waals surface area contributed by atoms with Crippen LogP contribution in [0.15, 0.2) is 34.8 Å². The van der Waals surface area contributed by atoms with Crippen LogP contribution in [0.5, 0.6) is 0 Å². The monoisotopic (exact) mass is 365 g/mol. The van der Waals surface area contributed by atoms with Gasteiger partial charge in [-0.3, -0.25) is 0 Å². The van der Waals surface area contributed by atoms with Crippen molar-refractivity contribution >= 4 is 27.5 Å².